The predicted molar refractivity (Wildman–Crippen MR) is 81.2 cm³/mol. The fraction of sp³-hybridized carbons (Fsp3) is 0.294. The average Bonchev–Trinajstić information content (AvgIpc) is 2.52. The third-order valence-electron chi connectivity index (χ3n) is 3.44. The Morgan fingerprint density at radius 3 is 2.33 bits per heavy atom. The molecule has 1 N–H and O–H groups in total. The molecule has 0 heterocycles. The van der Waals surface area contributed by atoms with Gasteiger partial charge in [-0.2, -0.15) is 0 Å². The highest BCUT2D eigenvalue weighted by atomic mass is 19.1. The van der Waals surface area contributed by atoms with Crippen molar-refractivity contribution < 1.29 is 13.9 Å². The number of ether oxygens (including phenoxy) is 2. The number of nitrogens with one attached hydrogen (secondary N) is 1. The first-order chi connectivity index (χ1) is 10.1. The summed E-state index contributed by atoms with van der Waals surface area (Å²) >= 11 is 0. The maximum atomic E-state index is 14.0. The predicted octanol–water partition coefficient (Wildman–Crippen LogP) is 3.69. The minimum atomic E-state index is -0.260. The van der Waals surface area contributed by atoms with Crippen LogP contribution >= 0.6 is 0 Å². The van der Waals surface area contributed by atoms with E-state index in [2.05, 4.69) is 5.32 Å². The summed E-state index contributed by atoms with van der Waals surface area (Å²) in [4.78, 5) is 0. The first kappa shape index (κ1) is 15.3. The van der Waals surface area contributed by atoms with Crippen LogP contribution in [-0.4, -0.2) is 14.2 Å². The van der Waals surface area contributed by atoms with Crippen molar-refractivity contribution in [2.24, 2.45) is 0 Å². The summed E-state index contributed by atoms with van der Waals surface area (Å²) in [5.74, 6) is 1.06. The molecule has 0 aliphatic heterocycles. The van der Waals surface area contributed by atoms with Crippen molar-refractivity contribution in [3.05, 3.63) is 59.4 Å². The van der Waals surface area contributed by atoms with Crippen molar-refractivity contribution in [1.82, 2.24) is 5.32 Å². The van der Waals surface area contributed by atoms with Crippen LogP contribution in [0.25, 0.3) is 0 Å². The van der Waals surface area contributed by atoms with Gasteiger partial charge in [-0.3, -0.25) is 0 Å². The molecule has 1 unspecified atom stereocenters. The van der Waals surface area contributed by atoms with E-state index < -0.39 is 0 Å². The normalized spacial score (nSPS) is 12.0. The maximum Gasteiger partial charge on any atom is 0.131 e. The summed E-state index contributed by atoms with van der Waals surface area (Å²) in [6.07, 6.45) is 0. The van der Waals surface area contributed by atoms with Crippen LogP contribution in [0.3, 0.4) is 0 Å². The van der Waals surface area contributed by atoms with Crippen molar-refractivity contribution >= 4 is 0 Å². The summed E-state index contributed by atoms with van der Waals surface area (Å²) in [6.45, 7) is 2.31. The largest absolute Gasteiger partial charge is 0.497 e. The van der Waals surface area contributed by atoms with Crippen LogP contribution in [0.4, 0.5) is 4.39 Å². The van der Waals surface area contributed by atoms with Crippen LogP contribution in [0.2, 0.25) is 0 Å². The molecule has 2 aromatic carbocycles. The van der Waals surface area contributed by atoms with E-state index in [0.717, 1.165) is 11.3 Å². The smallest absolute Gasteiger partial charge is 0.131 e. The summed E-state index contributed by atoms with van der Waals surface area (Å²) in [5.41, 5.74) is 1.64. The van der Waals surface area contributed by atoms with E-state index in [-0.39, 0.29) is 11.9 Å². The third kappa shape index (κ3) is 3.95. The number of methoxy groups -OCH3 is 1. The molecule has 21 heavy (non-hydrogen) atoms. The second kappa shape index (κ2) is 7.09. The van der Waals surface area contributed by atoms with Crippen molar-refractivity contribution in [2.75, 3.05) is 14.2 Å². The van der Waals surface area contributed by atoms with Crippen LogP contribution in [0.5, 0.6) is 11.5 Å². The Bertz CT molecular complexity index is 584. The van der Waals surface area contributed by atoms with Gasteiger partial charge in [-0.15, -0.1) is 0 Å². The maximum absolute atomic E-state index is 14.0. The molecule has 0 bridgehead atoms. The second-order valence-electron chi connectivity index (χ2n) is 4.83. The van der Waals surface area contributed by atoms with E-state index in [1.807, 2.05) is 31.2 Å². The van der Waals surface area contributed by atoms with Gasteiger partial charge in [0.2, 0.25) is 0 Å². The van der Waals surface area contributed by atoms with Crippen LogP contribution in [0, 0.1) is 5.82 Å². The lowest BCUT2D eigenvalue weighted by molar-refractivity contribution is 0.304. The fourth-order valence-corrected chi connectivity index (χ4v) is 1.99. The fourth-order valence-electron chi connectivity index (χ4n) is 1.99. The van der Waals surface area contributed by atoms with E-state index in [4.69, 9.17) is 9.47 Å². The van der Waals surface area contributed by atoms with Crippen molar-refractivity contribution in [3.8, 4) is 11.5 Å². The van der Waals surface area contributed by atoms with Crippen LogP contribution in [0.15, 0.2) is 42.5 Å². The Kier molecular flexibility index (Phi) is 5.17. The molecule has 0 saturated carbocycles. The van der Waals surface area contributed by atoms with Gasteiger partial charge >= 0.3 is 0 Å². The molecule has 0 radical (unpaired) electrons. The van der Waals surface area contributed by atoms with Gasteiger partial charge in [-0.1, -0.05) is 18.2 Å². The Balaban J connectivity index is 2.01. The topological polar surface area (TPSA) is 30.5 Å². The van der Waals surface area contributed by atoms with Crippen molar-refractivity contribution in [2.45, 2.75) is 19.6 Å². The molecule has 2 aromatic rings. The molecule has 0 aliphatic rings. The monoisotopic (exact) mass is 289 g/mol. The zero-order chi connectivity index (χ0) is 15.2. The molecule has 0 amide bonds. The van der Waals surface area contributed by atoms with Crippen molar-refractivity contribution in [1.29, 1.82) is 0 Å². The van der Waals surface area contributed by atoms with E-state index in [1.165, 1.54) is 6.07 Å². The quantitative estimate of drug-likeness (QED) is 0.879. The van der Waals surface area contributed by atoms with Gasteiger partial charge in [-0.05, 0) is 37.7 Å². The first-order valence-corrected chi connectivity index (χ1v) is 6.86. The third-order valence-corrected chi connectivity index (χ3v) is 3.44. The Morgan fingerprint density at radius 2 is 1.76 bits per heavy atom. The van der Waals surface area contributed by atoms with Gasteiger partial charge in [0, 0.05) is 17.7 Å². The number of hydrogen-bond acceptors (Lipinski definition) is 3. The molecular weight excluding hydrogens is 269 g/mol. The minimum absolute atomic E-state index is 0.0272. The van der Waals surface area contributed by atoms with Crippen molar-refractivity contribution in [3.63, 3.8) is 0 Å². The van der Waals surface area contributed by atoms with E-state index in [9.17, 15) is 4.39 Å². The lowest BCUT2D eigenvalue weighted by atomic mass is 10.1. The Labute approximate surface area is 124 Å². The molecule has 1 atom stereocenters. The molecule has 3 nitrogen and oxygen atoms in total. The molecule has 112 valence electrons. The van der Waals surface area contributed by atoms with Gasteiger partial charge in [0.15, 0.2) is 0 Å². The number of halogens is 1. The Hall–Kier alpha value is -2.07. The highest BCUT2D eigenvalue weighted by Crippen LogP contribution is 2.22. The molecular formula is C17H20FNO2. The van der Waals surface area contributed by atoms with Crippen LogP contribution < -0.4 is 14.8 Å². The highest BCUT2D eigenvalue weighted by Gasteiger charge is 2.10. The molecule has 0 aromatic heterocycles. The zero-order valence-electron chi connectivity index (χ0n) is 12.5. The molecule has 2 rings (SSSR count). The van der Waals surface area contributed by atoms with Gasteiger partial charge in [0.25, 0.3) is 0 Å². The minimum Gasteiger partial charge on any atom is -0.497 e. The average molecular weight is 289 g/mol. The van der Waals surface area contributed by atoms with Crippen LogP contribution in [-0.2, 0) is 6.61 Å². The number of rotatable bonds is 6. The molecule has 0 spiro atoms. The van der Waals surface area contributed by atoms with Gasteiger partial charge < -0.3 is 14.8 Å². The van der Waals surface area contributed by atoms with Gasteiger partial charge in [-0.25, -0.2) is 4.39 Å². The summed E-state index contributed by atoms with van der Waals surface area (Å²) in [7, 11) is 3.43. The lowest BCUT2D eigenvalue weighted by Crippen LogP contribution is -2.13. The zero-order valence-corrected chi connectivity index (χ0v) is 12.5. The standard InChI is InChI=1S/C17H20FNO2/c1-12(19-2)16-9-8-15(10-17(16)18)21-11-13-4-6-14(20-3)7-5-13/h4-10,12,19H,11H2,1-3H3. The molecule has 0 saturated heterocycles. The number of hydrogen-bond donors (Lipinski definition) is 1. The van der Waals surface area contributed by atoms with E-state index >= 15 is 0 Å². The second-order valence-corrected chi connectivity index (χ2v) is 4.83. The summed E-state index contributed by atoms with van der Waals surface area (Å²) in [6, 6.07) is 12.5. The van der Waals surface area contributed by atoms with Gasteiger partial charge in [0.05, 0.1) is 7.11 Å². The van der Waals surface area contributed by atoms with Crippen LogP contribution in [0.1, 0.15) is 24.1 Å². The SMILES string of the molecule is CNC(C)c1ccc(OCc2ccc(OC)cc2)cc1F. The van der Waals surface area contributed by atoms with E-state index in [1.54, 1.807) is 26.3 Å². The lowest BCUT2D eigenvalue weighted by Gasteiger charge is -2.13. The molecule has 0 fully saturated rings. The number of benzene rings is 2. The van der Waals surface area contributed by atoms with Gasteiger partial charge in [0.1, 0.15) is 23.9 Å². The summed E-state index contributed by atoms with van der Waals surface area (Å²) in [5, 5.41) is 3.02. The first-order valence-electron chi connectivity index (χ1n) is 6.86. The van der Waals surface area contributed by atoms with E-state index in [0.29, 0.717) is 17.9 Å². The highest BCUT2D eigenvalue weighted by molar-refractivity contribution is 5.31. The molecule has 0 aliphatic carbocycles. The molecule has 4 heteroatoms. The summed E-state index contributed by atoms with van der Waals surface area (Å²) < 4.78 is 24.7. The Morgan fingerprint density at radius 1 is 1.10 bits per heavy atom.